The third kappa shape index (κ3) is 5.28. The minimum Gasteiger partial charge on any atom is -0.510 e. The number of nitrogens with zero attached hydrogens (tertiary/aromatic N) is 2. The number of phenolic OH excluding ortho intramolecular Hbond substituents is 1. The molecule has 13 nitrogen and oxygen atoms in total. The number of nitrogens with two attached hydrogens (primary N) is 1. The largest absolute Gasteiger partial charge is 0.510 e. The van der Waals surface area contributed by atoms with E-state index in [-0.39, 0.29) is 35.6 Å². The number of aromatic hydroxyl groups is 1. The second-order valence-electron chi connectivity index (χ2n) is 12.7. The molecule has 2 amide bonds. The highest BCUT2D eigenvalue weighted by atomic mass is 16.5. The predicted molar refractivity (Wildman–Crippen MR) is 169 cm³/mol. The summed E-state index contributed by atoms with van der Waals surface area (Å²) in [5, 5.41) is 48.1. The number of ketones is 2. The number of carbonyl (C=O) groups excluding carboxylic acids is 4. The number of benzene rings is 2. The van der Waals surface area contributed by atoms with E-state index in [2.05, 4.69) is 10.2 Å². The van der Waals surface area contributed by atoms with Crippen LogP contribution in [0.4, 0.5) is 0 Å². The van der Waals surface area contributed by atoms with Gasteiger partial charge in [-0.15, -0.1) is 0 Å². The van der Waals surface area contributed by atoms with Gasteiger partial charge in [-0.2, -0.15) is 0 Å². The highest BCUT2D eigenvalue weighted by Crippen LogP contribution is 2.53. The Morgan fingerprint density at radius 2 is 1.83 bits per heavy atom. The topological polar surface area (TPSA) is 203 Å². The minimum absolute atomic E-state index is 0.0214. The van der Waals surface area contributed by atoms with E-state index in [9.17, 15) is 39.6 Å². The number of aliphatic hydroxyl groups excluding tert-OH is 2. The van der Waals surface area contributed by atoms with Gasteiger partial charge < -0.3 is 36.2 Å². The maximum absolute atomic E-state index is 14.1. The molecule has 0 spiro atoms. The monoisotopic (exact) mass is 646 g/mol. The fraction of sp³-hybridized carbons (Fsp3) is 0.412. The summed E-state index contributed by atoms with van der Waals surface area (Å²) in [4.78, 5) is 56.6. The van der Waals surface area contributed by atoms with Gasteiger partial charge in [0.15, 0.2) is 11.4 Å². The maximum atomic E-state index is 14.1. The van der Waals surface area contributed by atoms with Crippen LogP contribution in [0, 0.1) is 11.8 Å². The lowest BCUT2D eigenvalue weighted by Crippen LogP contribution is -2.63. The Morgan fingerprint density at radius 1 is 1.11 bits per heavy atom. The number of phenols is 1. The van der Waals surface area contributed by atoms with Crippen LogP contribution in [0.5, 0.6) is 5.75 Å². The number of fused-ring (bicyclic) bond motifs is 3. The standard InChI is InChI=1S/C34H38N4O9/c1-37(2)27-22-16-19-15-21-20(17-4-3-5-18(14-17)33(45)36-8-9-38-10-12-47-13-11-38)6-7-23(39)25(21)28(40)24(19)30(42)34(22,46)31(43)26(29(27)41)32(35)44/h3-7,14,19,22,27,39,41-42,46H,8-13,15-16H2,1-2H3,(H2,35,44)(H,36,45)/t19-,22-,27?,34-/m0/s1. The van der Waals surface area contributed by atoms with Crippen LogP contribution in [0.15, 0.2) is 59.1 Å². The molecule has 1 saturated heterocycles. The van der Waals surface area contributed by atoms with Crippen molar-refractivity contribution < 1.29 is 44.3 Å². The summed E-state index contributed by atoms with van der Waals surface area (Å²) in [6.07, 6.45) is 0.112. The van der Waals surface area contributed by atoms with E-state index in [1.165, 1.54) is 11.0 Å². The van der Waals surface area contributed by atoms with E-state index in [0.717, 1.165) is 13.1 Å². The number of carbonyl (C=O) groups is 4. The number of aliphatic hydroxyl groups is 3. The number of allylic oxidation sites excluding steroid dienone is 1. The lowest BCUT2D eigenvalue weighted by atomic mass is 9.58. The molecule has 1 aliphatic heterocycles. The number of morpholine rings is 1. The zero-order chi connectivity index (χ0) is 33.8. The van der Waals surface area contributed by atoms with Crippen molar-refractivity contribution in [2.75, 3.05) is 53.5 Å². The number of hydrogen-bond acceptors (Lipinski definition) is 11. The van der Waals surface area contributed by atoms with Gasteiger partial charge in [0, 0.05) is 43.2 Å². The molecular weight excluding hydrogens is 608 g/mol. The Kier molecular flexibility index (Phi) is 8.43. The average molecular weight is 647 g/mol. The predicted octanol–water partition coefficient (Wildman–Crippen LogP) is 0.850. The van der Waals surface area contributed by atoms with Crippen LogP contribution in [0.1, 0.15) is 32.7 Å². The molecule has 4 atom stereocenters. The van der Waals surface area contributed by atoms with Gasteiger partial charge in [0.05, 0.1) is 24.8 Å². The average Bonchev–Trinajstić information content (AvgIpc) is 3.03. The molecule has 3 aliphatic carbocycles. The Balaban J connectivity index is 1.35. The van der Waals surface area contributed by atoms with Crippen LogP contribution in [-0.4, -0.2) is 119 Å². The zero-order valence-corrected chi connectivity index (χ0v) is 26.2. The number of Topliss-reactive ketones (excluding diaryl/α,β-unsaturated/α-hetero) is 2. The first-order valence-electron chi connectivity index (χ1n) is 15.5. The van der Waals surface area contributed by atoms with Crippen molar-refractivity contribution in [3.8, 4) is 16.9 Å². The quantitative estimate of drug-likeness (QED) is 0.233. The van der Waals surface area contributed by atoms with Crippen molar-refractivity contribution in [2.24, 2.45) is 17.6 Å². The fourth-order valence-electron chi connectivity index (χ4n) is 7.60. The van der Waals surface area contributed by atoms with Gasteiger partial charge in [0.1, 0.15) is 22.8 Å². The Labute approximate surface area is 270 Å². The van der Waals surface area contributed by atoms with Crippen LogP contribution in [0.2, 0.25) is 0 Å². The van der Waals surface area contributed by atoms with Gasteiger partial charge in [-0.25, -0.2) is 0 Å². The SMILES string of the molecule is CN(C)C1C(O)=C(C(N)=O)C(=O)[C@@]2(O)C(O)=C3C(=O)c4c(O)ccc(-c5cccc(C(=O)NCCN6CCOCC6)c5)c4C[C@H]3C[C@@H]12. The molecule has 13 heteroatoms. The summed E-state index contributed by atoms with van der Waals surface area (Å²) < 4.78 is 5.37. The molecule has 7 N–H and O–H groups in total. The summed E-state index contributed by atoms with van der Waals surface area (Å²) >= 11 is 0. The number of ether oxygens (including phenoxy) is 1. The molecule has 248 valence electrons. The zero-order valence-electron chi connectivity index (χ0n) is 26.2. The van der Waals surface area contributed by atoms with Crippen molar-refractivity contribution in [3.05, 3.63) is 75.8 Å². The van der Waals surface area contributed by atoms with E-state index in [1.807, 2.05) is 0 Å². The van der Waals surface area contributed by atoms with Crippen LogP contribution in [0.25, 0.3) is 11.1 Å². The number of nitrogens with one attached hydrogen (secondary N) is 1. The van der Waals surface area contributed by atoms with E-state index in [1.54, 1.807) is 44.4 Å². The summed E-state index contributed by atoms with van der Waals surface area (Å²) in [6.45, 7) is 4.11. The Morgan fingerprint density at radius 3 is 2.51 bits per heavy atom. The normalized spacial score (nSPS) is 26.2. The molecule has 2 aromatic carbocycles. The molecule has 0 aromatic heterocycles. The first-order valence-corrected chi connectivity index (χ1v) is 15.5. The maximum Gasteiger partial charge on any atom is 0.255 e. The van der Waals surface area contributed by atoms with E-state index in [4.69, 9.17) is 10.5 Å². The minimum atomic E-state index is -2.71. The van der Waals surface area contributed by atoms with Crippen molar-refractivity contribution in [3.63, 3.8) is 0 Å². The summed E-state index contributed by atoms with van der Waals surface area (Å²) in [7, 11) is 3.16. The van der Waals surface area contributed by atoms with Crippen LogP contribution in [0.3, 0.4) is 0 Å². The van der Waals surface area contributed by atoms with Gasteiger partial charge in [-0.1, -0.05) is 18.2 Å². The molecule has 1 fully saturated rings. The van der Waals surface area contributed by atoms with Crippen molar-refractivity contribution in [2.45, 2.75) is 24.5 Å². The second-order valence-corrected chi connectivity index (χ2v) is 12.7. The first-order chi connectivity index (χ1) is 22.4. The smallest absolute Gasteiger partial charge is 0.255 e. The van der Waals surface area contributed by atoms with Crippen LogP contribution >= 0.6 is 0 Å². The Hall–Kier alpha value is -4.56. The molecule has 2 aromatic rings. The van der Waals surface area contributed by atoms with Gasteiger partial charge in [-0.3, -0.25) is 29.0 Å². The van der Waals surface area contributed by atoms with Crippen molar-refractivity contribution >= 4 is 23.4 Å². The molecule has 47 heavy (non-hydrogen) atoms. The van der Waals surface area contributed by atoms with Crippen molar-refractivity contribution in [1.29, 1.82) is 0 Å². The third-order valence-electron chi connectivity index (χ3n) is 9.86. The second kappa shape index (κ2) is 12.2. The highest BCUT2D eigenvalue weighted by molar-refractivity contribution is 6.25. The van der Waals surface area contributed by atoms with Crippen LogP contribution in [-0.2, 0) is 20.7 Å². The van der Waals surface area contributed by atoms with E-state index >= 15 is 0 Å². The Bertz CT molecular complexity index is 1740. The molecule has 4 aliphatic rings. The number of likely N-dealkylation sites (N-methyl/N-ethyl adjacent to an activating group) is 1. The molecule has 0 radical (unpaired) electrons. The van der Waals surface area contributed by atoms with E-state index in [0.29, 0.717) is 48.6 Å². The third-order valence-corrected chi connectivity index (χ3v) is 9.86. The lowest BCUT2D eigenvalue weighted by Gasteiger charge is -2.50. The van der Waals surface area contributed by atoms with Crippen LogP contribution < -0.4 is 11.1 Å². The van der Waals surface area contributed by atoms with Gasteiger partial charge >= 0.3 is 0 Å². The number of primary amides is 1. The number of rotatable bonds is 7. The molecule has 0 saturated carbocycles. The molecular formula is C34H38N4O9. The van der Waals surface area contributed by atoms with Gasteiger partial charge in [0.2, 0.25) is 5.78 Å². The van der Waals surface area contributed by atoms with E-state index < -0.39 is 58.0 Å². The lowest BCUT2D eigenvalue weighted by molar-refractivity contribution is -0.148. The van der Waals surface area contributed by atoms with Gasteiger partial charge in [-0.05, 0) is 67.7 Å². The number of amides is 2. The molecule has 1 unspecified atom stereocenters. The highest BCUT2D eigenvalue weighted by Gasteiger charge is 2.63. The molecule has 6 rings (SSSR count). The summed E-state index contributed by atoms with van der Waals surface area (Å²) in [6, 6.07) is 8.84. The molecule has 0 bridgehead atoms. The van der Waals surface area contributed by atoms with Crippen molar-refractivity contribution in [1.82, 2.24) is 15.1 Å². The summed E-state index contributed by atoms with van der Waals surface area (Å²) in [5.74, 6) is -7.33. The first kappa shape index (κ1) is 32.4. The number of hydrogen-bond donors (Lipinski definition) is 6. The fourth-order valence-corrected chi connectivity index (χ4v) is 7.60. The molecule has 1 heterocycles. The summed E-state index contributed by atoms with van der Waals surface area (Å²) in [5.41, 5.74) is 3.63. The van der Waals surface area contributed by atoms with Gasteiger partial charge in [0.25, 0.3) is 11.8 Å².